The van der Waals surface area contributed by atoms with Crippen LogP contribution >= 0.6 is 11.6 Å². The van der Waals surface area contributed by atoms with E-state index in [0.29, 0.717) is 0 Å². The molecule has 4 heteroatoms. The SMILES string of the molecule is CCNc1ccc([SiH3])c(Cl)c1NCC. The van der Waals surface area contributed by atoms with Gasteiger partial charge in [0.05, 0.1) is 16.4 Å². The fraction of sp³-hybridized carbons (Fsp3) is 0.400. The standard InChI is InChI=1S/C10H17ClN2Si/c1-3-12-7-5-6-8(14)9(11)10(7)13-4-2/h5-6,12-13H,3-4H2,1-2,14H3. The summed E-state index contributed by atoms with van der Waals surface area (Å²) >= 11 is 6.25. The van der Waals surface area contributed by atoms with E-state index in [0.717, 1.165) is 39.7 Å². The third-order valence-electron chi connectivity index (χ3n) is 2.06. The molecule has 0 aliphatic heterocycles. The lowest BCUT2D eigenvalue weighted by atomic mass is 10.2. The molecule has 78 valence electrons. The average Bonchev–Trinajstić information content (AvgIpc) is 2.18. The van der Waals surface area contributed by atoms with E-state index in [9.17, 15) is 0 Å². The van der Waals surface area contributed by atoms with Gasteiger partial charge in [0.15, 0.2) is 0 Å². The number of hydrogen-bond acceptors (Lipinski definition) is 2. The van der Waals surface area contributed by atoms with Gasteiger partial charge in [0.25, 0.3) is 0 Å². The summed E-state index contributed by atoms with van der Waals surface area (Å²) in [5.41, 5.74) is 2.14. The molecule has 1 aromatic carbocycles. The predicted octanol–water partition coefficient (Wildman–Crippen LogP) is 1.19. The molecule has 0 fully saturated rings. The van der Waals surface area contributed by atoms with Crippen LogP contribution in [0.15, 0.2) is 12.1 Å². The molecule has 0 spiro atoms. The monoisotopic (exact) mass is 228 g/mol. The minimum atomic E-state index is 0.872. The van der Waals surface area contributed by atoms with Crippen LogP contribution in [0.3, 0.4) is 0 Å². The minimum Gasteiger partial charge on any atom is -0.384 e. The molecule has 0 atom stereocenters. The van der Waals surface area contributed by atoms with Crippen LogP contribution in [0.1, 0.15) is 13.8 Å². The molecule has 0 heterocycles. The number of hydrogen-bond donors (Lipinski definition) is 2. The number of rotatable bonds is 4. The molecule has 0 aliphatic rings. The molecular weight excluding hydrogens is 212 g/mol. The second-order valence-corrected chi connectivity index (χ2v) is 4.63. The summed E-state index contributed by atoms with van der Waals surface area (Å²) in [4.78, 5) is 0. The van der Waals surface area contributed by atoms with Crippen molar-refractivity contribution in [2.75, 3.05) is 23.7 Å². The molecule has 0 saturated heterocycles. The second-order valence-electron chi connectivity index (χ2n) is 3.18. The van der Waals surface area contributed by atoms with Crippen molar-refractivity contribution in [2.24, 2.45) is 0 Å². The van der Waals surface area contributed by atoms with E-state index in [1.165, 1.54) is 5.19 Å². The Balaban J connectivity index is 3.08. The normalized spacial score (nSPS) is 10.2. The van der Waals surface area contributed by atoms with Crippen molar-refractivity contribution in [1.29, 1.82) is 0 Å². The van der Waals surface area contributed by atoms with Crippen molar-refractivity contribution in [3.05, 3.63) is 17.2 Å². The fourth-order valence-corrected chi connectivity index (χ4v) is 2.02. The first-order valence-corrected chi connectivity index (χ1v) is 6.35. The fourth-order valence-electron chi connectivity index (χ4n) is 1.37. The van der Waals surface area contributed by atoms with Crippen molar-refractivity contribution >= 4 is 38.4 Å². The minimum absolute atomic E-state index is 0.872. The van der Waals surface area contributed by atoms with Crippen molar-refractivity contribution in [2.45, 2.75) is 13.8 Å². The summed E-state index contributed by atoms with van der Waals surface area (Å²) < 4.78 is 0. The van der Waals surface area contributed by atoms with Gasteiger partial charge in [-0.15, -0.1) is 0 Å². The van der Waals surface area contributed by atoms with E-state index in [2.05, 4.69) is 36.6 Å². The zero-order chi connectivity index (χ0) is 10.6. The molecule has 0 amide bonds. The topological polar surface area (TPSA) is 24.1 Å². The van der Waals surface area contributed by atoms with Gasteiger partial charge in [0, 0.05) is 23.3 Å². The van der Waals surface area contributed by atoms with Gasteiger partial charge < -0.3 is 10.6 Å². The van der Waals surface area contributed by atoms with Gasteiger partial charge in [-0.1, -0.05) is 22.9 Å². The molecule has 0 aromatic heterocycles. The zero-order valence-electron chi connectivity index (χ0n) is 8.95. The third-order valence-corrected chi connectivity index (χ3v) is 3.69. The molecule has 14 heavy (non-hydrogen) atoms. The Morgan fingerprint density at radius 2 is 1.86 bits per heavy atom. The summed E-state index contributed by atoms with van der Waals surface area (Å²) in [6.07, 6.45) is 0. The Bertz CT molecular complexity index is 315. The van der Waals surface area contributed by atoms with E-state index in [1.807, 2.05) is 0 Å². The molecular formula is C10H17ClN2Si. The first kappa shape index (κ1) is 11.4. The average molecular weight is 229 g/mol. The van der Waals surface area contributed by atoms with E-state index in [-0.39, 0.29) is 0 Å². The highest BCUT2D eigenvalue weighted by Gasteiger charge is 2.07. The first-order valence-electron chi connectivity index (χ1n) is 4.97. The lowest BCUT2D eigenvalue weighted by Crippen LogP contribution is -2.11. The lowest BCUT2D eigenvalue weighted by Gasteiger charge is -2.15. The number of halogens is 1. The smallest absolute Gasteiger partial charge is 0.0763 e. The molecule has 0 bridgehead atoms. The van der Waals surface area contributed by atoms with Crippen LogP contribution in [0.25, 0.3) is 0 Å². The summed E-state index contributed by atoms with van der Waals surface area (Å²) in [5.74, 6) is 0. The Hall–Kier alpha value is -0.673. The first-order chi connectivity index (χ1) is 6.70. The van der Waals surface area contributed by atoms with Gasteiger partial charge in [-0.05, 0) is 19.9 Å². The van der Waals surface area contributed by atoms with E-state index in [1.54, 1.807) is 0 Å². The molecule has 0 radical (unpaired) electrons. The van der Waals surface area contributed by atoms with E-state index in [4.69, 9.17) is 11.6 Å². The van der Waals surface area contributed by atoms with Gasteiger partial charge >= 0.3 is 0 Å². The van der Waals surface area contributed by atoms with Gasteiger partial charge in [0.1, 0.15) is 0 Å². The van der Waals surface area contributed by atoms with Crippen LogP contribution in [0.2, 0.25) is 5.02 Å². The zero-order valence-corrected chi connectivity index (χ0v) is 11.7. The van der Waals surface area contributed by atoms with E-state index < -0.39 is 0 Å². The Morgan fingerprint density at radius 1 is 1.21 bits per heavy atom. The van der Waals surface area contributed by atoms with Gasteiger partial charge in [-0.3, -0.25) is 0 Å². The van der Waals surface area contributed by atoms with Gasteiger partial charge in [-0.25, -0.2) is 0 Å². The Kier molecular flexibility index (Phi) is 4.29. The van der Waals surface area contributed by atoms with E-state index >= 15 is 0 Å². The van der Waals surface area contributed by atoms with Crippen LogP contribution < -0.4 is 15.8 Å². The molecule has 0 aliphatic carbocycles. The highest BCUT2D eigenvalue weighted by Crippen LogP contribution is 2.28. The summed E-state index contributed by atoms with van der Waals surface area (Å²) in [6, 6.07) is 4.18. The lowest BCUT2D eigenvalue weighted by molar-refractivity contribution is 1.18. The third kappa shape index (κ3) is 2.42. The number of nitrogens with one attached hydrogen (secondary N) is 2. The highest BCUT2D eigenvalue weighted by molar-refractivity contribution is 6.47. The molecule has 1 aromatic rings. The van der Waals surface area contributed by atoms with Crippen LogP contribution in [0, 0.1) is 0 Å². The summed E-state index contributed by atoms with van der Waals surface area (Å²) in [6.45, 7) is 5.96. The molecule has 0 unspecified atom stereocenters. The maximum atomic E-state index is 6.25. The largest absolute Gasteiger partial charge is 0.384 e. The van der Waals surface area contributed by atoms with Crippen LogP contribution in [-0.2, 0) is 0 Å². The maximum absolute atomic E-state index is 6.25. The predicted molar refractivity (Wildman–Crippen MR) is 69.4 cm³/mol. The van der Waals surface area contributed by atoms with Crippen molar-refractivity contribution in [3.8, 4) is 0 Å². The summed E-state index contributed by atoms with van der Waals surface area (Å²) in [7, 11) is 0.984. The number of benzene rings is 1. The van der Waals surface area contributed by atoms with Crippen molar-refractivity contribution in [3.63, 3.8) is 0 Å². The quantitative estimate of drug-likeness (QED) is 0.757. The van der Waals surface area contributed by atoms with Gasteiger partial charge in [-0.2, -0.15) is 0 Å². The molecule has 1 rings (SSSR count). The van der Waals surface area contributed by atoms with Gasteiger partial charge in [0.2, 0.25) is 0 Å². The summed E-state index contributed by atoms with van der Waals surface area (Å²) in [5, 5.41) is 8.71. The maximum Gasteiger partial charge on any atom is 0.0763 e. The van der Waals surface area contributed by atoms with Crippen LogP contribution in [0.4, 0.5) is 11.4 Å². The highest BCUT2D eigenvalue weighted by atomic mass is 35.5. The molecule has 0 saturated carbocycles. The van der Waals surface area contributed by atoms with Crippen LogP contribution in [-0.4, -0.2) is 23.3 Å². The molecule has 2 N–H and O–H groups in total. The molecule has 2 nitrogen and oxygen atoms in total. The number of anilines is 2. The Labute approximate surface area is 93.5 Å². The van der Waals surface area contributed by atoms with Crippen molar-refractivity contribution in [1.82, 2.24) is 0 Å². The van der Waals surface area contributed by atoms with Crippen LogP contribution in [0.5, 0.6) is 0 Å². The van der Waals surface area contributed by atoms with Crippen molar-refractivity contribution < 1.29 is 0 Å². The second kappa shape index (κ2) is 5.27. The Morgan fingerprint density at radius 3 is 2.43 bits per heavy atom.